The molecule has 1 atom stereocenters. The van der Waals surface area contributed by atoms with Crippen LogP contribution in [0.3, 0.4) is 0 Å². The van der Waals surface area contributed by atoms with E-state index in [4.69, 9.17) is 18.9 Å². The van der Waals surface area contributed by atoms with Crippen LogP contribution in [0.15, 0.2) is 34.9 Å². The third kappa shape index (κ3) is 5.33. The molecule has 174 valence electrons. The Balaban J connectivity index is 1.44. The lowest BCUT2D eigenvalue weighted by molar-refractivity contribution is 0.00578. The number of nitrogens with zero attached hydrogens (tertiary/aromatic N) is 4. The summed E-state index contributed by atoms with van der Waals surface area (Å²) in [6.07, 6.45) is 8.53. The van der Waals surface area contributed by atoms with Crippen molar-refractivity contribution in [3.63, 3.8) is 0 Å². The average Bonchev–Trinajstić information content (AvgIpc) is 3.28. The van der Waals surface area contributed by atoms with Crippen LogP contribution in [-0.4, -0.2) is 45.5 Å². The monoisotopic (exact) mass is 449 g/mol. The molecule has 2 aliphatic rings. The van der Waals surface area contributed by atoms with Gasteiger partial charge in [-0.1, -0.05) is 19.1 Å². The van der Waals surface area contributed by atoms with Crippen LogP contribution in [-0.2, 0) is 4.74 Å². The zero-order valence-corrected chi connectivity index (χ0v) is 19.3. The Bertz CT molecular complexity index is 1070. The molecule has 0 radical (unpaired) electrons. The zero-order chi connectivity index (χ0) is 22.6. The highest BCUT2D eigenvalue weighted by Crippen LogP contribution is 2.33. The van der Waals surface area contributed by atoms with Gasteiger partial charge < -0.3 is 19.2 Å². The highest BCUT2D eigenvalue weighted by Gasteiger charge is 2.22. The quantitative estimate of drug-likeness (QED) is 0.559. The van der Waals surface area contributed by atoms with Crippen molar-refractivity contribution >= 4 is 5.95 Å². The molecule has 1 aliphatic heterocycles. The average molecular weight is 450 g/mol. The topological polar surface area (TPSA) is 95.2 Å². The fraction of sp³-hybridized carbons (Fsp3) is 0.520. The van der Waals surface area contributed by atoms with Crippen molar-refractivity contribution in [3.8, 4) is 28.5 Å². The van der Waals surface area contributed by atoms with Gasteiger partial charge in [0.2, 0.25) is 23.6 Å². The number of nitrogens with one attached hydrogen (secondary N) is 1. The molecular weight excluding hydrogens is 418 g/mol. The lowest BCUT2D eigenvalue weighted by Crippen LogP contribution is -2.29. The molecule has 1 saturated heterocycles. The highest BCUT2D eigenvalue weighted by molar-refractivity contribution is 5.73. The lowest BCUT2D eigenvalue weighted by Gasteiger charge is -2.27. The first-order chi connectivity index (χ1) is 16.1. The Morgan fingerprint density at radius 3 is 2.67 bits per heavy atom. The van der Waals surface area contributed by atoms with Crippen LogP contribution >= 0.6 is 0 Å². The van der Waals surface area contributed by atoms with Gasteiger partial charge >= 0.3 is 0 Å². The Hall–Kier alpha value is -3.00. The van der Waals surface area contributed by atoms with Gasteiger partial charge in [0.15, 0.2) is 0 Å². The van der Waals surface area contributed by atoms with E-state index in [1.165, 1.54) is 12.8 Å². The third-order valence-corrected chi connectivity index (χ3v) is 6.45. The summed E-state index contributed by atoms with van der Waals surface area (Å²) >= 11 is 0. The lowest BCUT2D eigenvalue weighted by atomic mass is 9.87. The SMILES string of the molecule is Cc1nnc(-c2cccc(-c3cnc(N[C@H]4CC[C@H](C)CC4)nc3OC3CCCOC3)c2)o1. The summed E-state index contributed by atoms with van der Waals surface area (Å²) in [5, 5.41) is 11.6. The molecule has 2 aromatic heterocycles. The van der Waals surface area contributed by atoms with Crippen molar-refractivity contribution < 1.29 is 13.9 Å². The van der Waals surface area contributed by atoms with Crippen molar-refractivity contribution in [2.24, 2.45) is 5.92 Å². The number of aryl methyl sites for hydroxylation is 1. The zero-order valence-electron chi connectivity index (χ0n) is 19.3. The second kappa shape index (κ2) is 9.87. The maximum atomic E-state index is 6.37. The Morgan fingerprint density at radius 1 is 1.06 bits per heavy atom. The molecule has 3 heterocycles. The maximum Gasteiger partial charge on any atom is 0.247 e. The summed E-state index contributed by atoms with van der Waals surface area (Å²) in [6, 6.07) is 8.35. The van der Waals surface area contributed by atoms with E-state index in [-0.39, 0.29) is 6.10 Å². The van der Waals surface area contributed by atoms with Gasteiger partial charge in [0, 0.05) is 31.3 Å². The van der Waals surface area contributed by atoms with Crippen LogP contribution in [0.25, 0.3) is 22.6 Å². The predicted octanol–water partition coefficient (Wildman–Crippen LogP) is 5.05. The summed E-state index contributed by atoms with van der Waals surface area (Å²) in [6.45, 7) is 5.47. The first-order valence-corrected chi connectivity index (χ1v) is 11.9. The van der Waals surface area contributed by atoms with Crippen LogP contribution in [0, 0.1) is 12.8 Å². The molecule has 1 unspecified atom stereocenters. The molecule has 5 rings (SSSR count). The van der Waals surface area contributed by atoms with Crippen molar-refractivity contribution in [1.29, 1.82) is 0 Å². The number of hydrogen-bond donors (Lipinski definition) is 1. The molecule has 1 aliphatic carbocycles. The van der Waals surface area contributed by atoms with E-state index >= 15 is 0 Å². The minimum atomic E-state index is -0.0162. The minimum absolute atomic E-state index is 0.0162. The standard InChI is InChI=1S/C25H31N5O3/c1-16-8-10-20(11-9-16)27-25-26-14-22(24(28-25)33-21-7-4-12-31-15-21)18-5-3-6-19(13-18)23-30-29-17(2)32-23/h3,5-6,13-14,16,20-21H,4,7-12,15H2,1-2H3,(H,26,27,28)/t16-,20-,21?. The number of aromatic nitrogens is 4. The largest absolute Gasteiger partial charge is 0.471 e. The van der Waals surface area contributed by atoms with Crippen molar-refractivity contribution in [2.45, 2.75) is 64.5 Å². The fourth-order valence-electron chi connectivity index (χ4n) is 4.51. The van der Waals surface area contributed by atoms with Crippen LogP contribution in [0.2, 0.25) is 0 Å². The molecule has 8 nitrogen and oxygen atoms in total. The van der Waals surface area contributed by atoms with E-state index in [1.807, 2.05) is 30.5 Å². The molecule has 0 spiro atoms. The van der Waals surface area contributed by atoms with Crippen LogP contribution in [0.1, 0.15) is 51.3 Å². The van der Waals surface area contributed by atoms with E-state index in [1.54, 1.807) is 6.92 Å². The van der Waals surface area contributed by atoms with Crippen molar-refractivity contribution in [2.75, 3.05) is 18.5 Å². The third-order valence-electron chi connectivity index (χ3n) is 6.45. The summed E-state index contributed by atoms with van der Waals surface area (Å²) in [5.74, 6) is 3.02. The molecule has 1 aromatic carbocycles. The normalized spacial score (nSPS) is 23.3. The fourth-order valence-corrected chi connectivity index (χ4v) is 4.51. The van der Waals surface area contributed by atoms with E-state index in [0.717, 1.165) is 54.9 Å². The van der Waals surface area contributed by atoms with Gasteiger partial charge in [-0.2, -0.15) is 4.98 Å². The Kier molecular flexibility index (Phi) is 6.53. The van der Waals surface area contributed by atoms with Gasteiger partial charge in [-0.05, 0) is 62.1 Å². The summed E-state index contributed by atoms with van der Waals surface area (Å²) < 4.78 is 17.6. The van der Waals surface area contributed by atoms with Crippen molar-refractivity contribution in [3.05, 3.63) is 36.4 Å². The van der Waals surface area contributed by atoms with Crippen LogP contribution in [0.4, 0.5) is 5.95 Å². The van der Waals surface area contributed by atoms with E-state index in [0.29, 0.717) is 36.3 Å². The van der Waals surface area contributed by atoms with E-state index < -0.39 is 0 Å². The van der Waals surface area contributed by atoms with Gasteiger partial charge in [-0.25, -0.2) is 4.98 Å². The minimum Gasteiger partial charge on any atom is -0.471 e. The molecule has 8 heteroatoms. The first kappa shape index (κ1) is 21.8. The molecule has 0 amide bonds. The van der Waals surface area contributed by atoms with Gasteiger partial charge in [0.05, 0.1) is 12.2 Å². The number of rotatable bonds is 6. The highest BCUT2D eigenvalue weighted by atomic mass is 16.5. The van der Waals surface area contributed by atoms with Gasteiger partial charge in [-0.15, -0.1) is 10.2 Å². The second-order valence-corrected chi connectivity index (χ2v) is 9.18. The first-order valence-electron chi connectivity index (χ1n) is 11.9. The number of benzene rings is 1. The number of ether oxygens (including phenoxy) is 2. The van der Waals surface area contributed by atoms with E-state index in [9.17, 15) is 0 Å². The molecule has 33 heavy (non-hydrogen) atoms. The molecule has 1 saturated carbocycles. The van der Waals surface area contributed by atoms with Crippen LogP contribution in [0.5, 0.6) is 5.88 Å². The molecule has 3 aromatic rings. The van der Waals surface area contributed by atoms with Crippen molar-refractivity contribution in [1.82, 2.24) is 20.2 Å². The van der Waals surface area contributed by atoms with Gasteiger partial charge in [-0.3, -0.25) is 0 Å². The molecule has 2 fully saturated rings. The van der Waals surface area contributed by atoms with Crippen LogP contribution < -0.4 is 10.1 Å². The Labute approximate surface area is 194 Å². The summed E-state index contributed by atoms with van der Waals surface area (Å²) in [4.78, 5) is 9.46. The molecule has 1 N–H and O–H groups in total. The molecule has 0 bridgehead atoms. The van der Waals surface area contributed by atoms with Gasteiger partial charge in [0.25, 0.3) is 0 Å². The Morgan fingerprint density at radius 2 is 1.91 bits per heavy atom. The summed E-state index contributed by atoms with van der Waals surface area (Å²) in [5.41, 5.74) is 2.62. The number of anilines is 1. The smallest absolute Gasteiger partial charge is 0.247 e. The molecular formula is C25H31N5O3. The van der Waals surface area contributed by atoms with Gasteiger partial charge in [0.1, 0.15) is 6.10 Å². The van der Waals surface area contributed by atoms with E-state index in [2.05, 4.69) is 27.4 Å². The second-order valence-electron chi connectivity index (χ2n) is 9.18. The maximum absolute atomic E-state index is 6.37. The summed E-state index contributed by atoms with van der Waals surface area (Å²) in [7, 11) is 0. The predicted molar refractivity (Wildman–Crippen MR) is 125 cm³/mol. The number of hydrogen-bond acceptors (Lipinski definition) is 8.